The van der Waals surface area contributed by atoms with Crippen LogP contribution in [0.25, 0.3) is 0 Å². The molecule has 0 atom stereocenters. The van der Waals surface area contributed by atoms with E-state index in [2.05, 4.69) is 9.47 Å². The van der Waals surface area contributed by atoms with Crippen LogP contribution >= 0.6 is 0 Å². The normalized spacial score (nSPS) is 9.57. The predicted molar refractivity (Wildman–Crippen MR) is 48.7 cm³/mol. The van der Waals surface area contributed by atoms with Crippen LogP contribution in [-0.2, 0) is 23.8 Å². The van der Waals surface area contributed by atoms with Gasteiger partial charge in [0.1, 0.15) is 6.61 Å². The lowest BCUT2D eigenvalue weighted by atomic mass is 10.2. The number of esters is 2. The third-order valence-electron chi connectivity index (χ3n) is 1.53. The molecule has 0 spiro atoms. The summed E-state index contributed by atoms with van der Waals surface area (Å²) >= 11 is 0. The second kappa shape index (κ2) is 8.50. The summed E-state index contributed by atoms with van der Waals surface area (Å²) in [5.41, 5.74) is 0. The van der Waals surface area contributed by atoms with Crippen molar-refractivity contribution in [2.24, 2.45) is 0 Å². The fourth-order valence-electron chi connectivity index (χ4n) is 0.819. The molecule has 0 amide bonds. The molecular formula is C9H16O5. The van der Waals surface area contributed by atoms with Gasteiger partial charge >= 0.3 is 11.9 Å². The first-order valence-electron chi connectivity index (χ1n) is 4.42. The molecule has 0 aromatic rings. The average Bonchev–Trinajstić information content (AvgIpc) is 2.17. The first kappa shape index (κ1) is 12.9. The first-order valence-corrected chi connectivity index (χ1v) is 4.42. The summed E-state index contributed by atoms with van der Waals surface area (Å²) in [5.74, 6) is -0.626. The van der Waals surface area contributed by atoms with Gasteiger partial charge in [-0.3, -0.25) is 4.79 Å². The lowest BCUT2D eigenvalue weighted by molar-refractivity contribution is -0.148. The Morgan fingerprint density at radius 1 is 1.07 bits per heavy atom. The largest absolute Gasteiger partial charge is 0.469 e. The molecule has 0 heterocycles. The van der Waals surface area contributed by atoms with Crippen LogP contribution in [0.1, 0.15) is 19.3 Å². The Bertz CT molecular complexity index is 178. The minimum atomic E-state index is -0.384. The molecule has 0 bridgehead atoms. The zero-order chi connectivity index (χ0) is 10.8. The van der Waals surface area contributed by atoms with Crippen LogP contribution in [0.4, 0.5) is 0 Å². The minimum absolute atomic E-state index is 0.0308. The van der Waals surface area contributed by atoms with Crippen LogP contribution in [0.5, 0.6) is 0 Å². The fraction of sp³-hybridized carbons (Fsp3) is 0.778. The summed E-state index contributed by atoms with van der Waals surface area (Å²) < 4.78 is 13.8. The third kappa shape index (κ3) is 7.54. The molecule has 0 aromatic carbocycles. The van der Waals surface area contributed by atoms with E-state index in [0.29, 0.717) is 25.9 Å². The molecule has 0 rings (SSSR count). The second-order valence-electron chi connectivity index (χ2n) is 2.69. The van der Waals surface area contributed by atoms with E-state index in [4.69, 9.17) is 4.74 Å². The molecule has 0 fully saturated rings. The SMILES string of the molecule is COCC(=O)OCCCCC(=O)OC. The van der Waals surface area contributed by atoms with Crippen molar-refractivity contribution in [2.45, 2.75) is 19.3 Å². The summed E-state index contributed by atoms with van der Waals surface area (Å²) in [5, 5.41) is 0. The van der Waals surface area contributed by atoms with E-state index in [1.165, 1.54) is 14.2 Å². The quantitative estimate of drug-likeness (QED) is 0.447. The fourth-order valence-corrected chi connectivity index (χ4v) is 0.819. The summed E-state index contributed by atoms with van der Waals surface area (Å²) in [6.07, 6.45) is 1.68. The zero-order valence-corrected chi connectivity index (χ0v) is 8.58. The maximum Gasteiger partial charge on any atom is 0.332 e. The summed E-state index contributed by atoms with van der Waals surface area (Å²) in [6, 6.07) is 0. The molecule has 0 saturated heterocycles. The van der Waals surface area contributed by atoms with E-state index in [1.54, 1.807) is 0 Å². The Labute approximate surface area is 83.3 Å². The molecule has 82 valence electrons. The van der Waals surface area contributed by atoms with Gasteiger partial charge in [-0.15, -0.1) is 0 Å². The number of methoxy groups -OCH3 is 2. The van der Waals surface area contributed by atoms with E-state index in [1.807, 2.05) is 0 Å². The molecule has 0 unspecified atom stereocenters. The highest BCUT2D eigenvalue weighted by Gasteiger charge is 2.02. The van der Waals surface area contributed by atoms with Crippen LogP contribution in [-0.4, -0.2) is 39.4 Å². The van der Waals surface area contributed by atoms with Crippen molar-refractivity contribution in [3.8, 4) is 0 Å². The summed E-state index contributed by atoms with van der Waals surface area (Å²) in [7, 11) is 2.78. The van der Waals surface area contributed by atoms with Crippen LogP contribution < -0.4 is 0 Å². The van der Waals surface area contributed by atoms with Crippen LogP contribution in [0.3, 0.4) is 0 Å². The lowest BCUT2D eigenvalue weighted by Gasteiger charge is -2.03. The maximum absolute atomic E-state index is 10.8. The molecule has 0 aliphatic carbocycles. The average molecular weight is 204 g/mol. The Morgan fingerprint density at radius 2 is 1.79 bits per heavy atom. The van der Waals surface area contributed by atoms with Crippen molar-refractivity contribution in [1.82, 2.24) is 0 Å². The number of rotatable bonds is 7. The van der Waals surface area contributed by atoms with Gasteiger partial charge in [-0.05, 0) is 12.8 Å². The van der Waals surface area contributed by atoms with Crippen molar-refractivity contribution in [3.05, 3.63) is 0 Å². The predicted octanol–water partition coefficient (Wildman–Crippen LogP) is 0.519. The van der Waals surface area contributed by atoms with Crippen molar-refractivity contribution in [3.63, 3.8) is 0 Å². The topological polar surface area (TPSA) is 61.8 Å². The van der Waals surface area contributed by atoms with Crippen molar-refractivity contribution < 1.29 is 23.8 Å². The van der Waals surface area contributed by atoms with E-state index in [0.717, 1.165) is 0 Å². The highest BCUT2D eigenvalue weighted by molar-refractivity contribution is 5.70. The zero-order valence-electron chi connectivity index (χ0n) is 8.58. The summed E-state index contributed by atoms with van der Waals surface area (Å²) in [4.78, 5) is 21.4. The number of carbonyl (C=O) groups is 2. The number of hydrogen-bond donors (Lipinski definition) is 0. The highest BCUT2D eigenvalue weighted by Crippen LogP contribution is 1.97. The van der Waals surface area contributed by atoms with Gasteiger partial charge < -0.3 is 14.2 Å². The van der Waals surface area contributed by atoms with Crippen molar-refractivity contribution in [1.29, 1.82) is 0 Å². The van der Waals surface area contributed by atoms with E-state index in [9.17, 15) is 9.59 Å². The number of ether oxygens (including phenoxy) is 3. The molecule has 0 aromatic heterocycles. The Balaban J connectivity index is 3.21. The number of carbonyl (C=O) groups excluding carboxylic acids is 2. The highest BCUT2D eigenvalue weighted by atomic mass is 16.6. The third-order valence-corrected chi connectivity index (χ3v) is 1.53. The molecule has 5 heteroatoms. The molecule has 0 aliphatic heterocycles. The van der Waals surface area contributed by atoms with Crippen LogP contribution in [0, 0.1) is 0 Å². The van der Waals surface area contributed by atoms with Gasteiger partial charge in [0.2, 0.25) is 0 Å². The Morgan fingerprint density at radius 3 is 2.36 bits per heavy atom. The van der Waals surface area contributed by atoms with Gasteiger partial charge in [-0.1, -0.05) is 0 Å². The van der Waals surface area contributed by atoms with Crippen molar-refractivity contribution in [2.75, 3.05) is 27.4 Å². The smallest absolute Gasteiger partial charge is 0.332 e. The van der Waals surface area contributed by atoms with Crippen LogP contribution in [0.15, 0.2) is 0 Å². The molecule has 0 radical (unpaired) electrons. The summed E-state index contributed by atoms with van der Waals surface area (Å²) in [6.45, 7) is 0.288. The standard InChI is InChI=1S/C9H16O5/c1-12-7-9(11)14-6-4-3-5-8(10)13-2/h3-7H2,1-2H3. The van der Waals surface area contributed by atoms with E-state index < -0.39 is 0 Å². The first-order chi connectivity index (χ1) is 6.70. The van der Waals surface area contributed by atoms with Gasteiger partial charge in [0, 0.05) is 13.5 Å². The number of hydrogen-bond acceptors (Lipinski definition) is 5. The molecule has 14 heavy (non-hydrogen) atoms. The second-order valence-corrected chi connectivity index (χ2v) is 2.69. The lowest BCUT2D eigenvalue weighted by Crippen LogP contribution is -2.12. The maximum atomic E-state index is 10.8. The van der Waals surface area contributed by atoms with E-state index >= 15 is 0 Å². The van der Waals surface area contributed by atoms with Gasteiger partial charge in [0.05, 0.1) is 13.7 Å². The minimum Gasteiger partial charge on any atom is -0.469 e. The van der Waals surface area contributed by atoms with Gasteiger partial charge in [0.15, 0.2) is 0 Å². The van der Waals surface area contributed by atoms with Crippen LogP contribution in [0.2, 0.25) is 0 Å². The molecular weight excluding hydrogens is 188 g/mol. The Hall–Kier alpha value is -1.10. The van der Waals surface area contributed by atoms with Crippen molar-refractivity contribution >= 4 is 11.9 Å². The van der Waals surface area contributed by atoms with Gasteiger partial charge in [-0.2, -0.15) is 0 Å². The molecule has 0 N–H and O–H groups in total. The number of unbranched alkanes of at least 4 members (excludes halogenated alkanes) is 1. The molecule has 0 aliphatic rings. The monoisotopic (exact) mass is 204 g/mol. The van der Waals surface area contributed by atoms with Gasteiger partial charge in [0.25, 0.3) is 0 Å². The van der Waals surface area contributed by atoms with Gasteiger partial charge in [-0.25, -0.2) is 4.79 Å². The molecule has 0 saturated carbocycles. The van der Waals surface area contributed by atoms with E-state index in [-0.39, 0.29) is 18.5 Å². The molecule has 5 nitrogen and oxygen atoms in total. The Kier molecular flexibility index (Phi) is 7.83.